The molecule has 4 heteroatoms. The van der Waals surface area contributed by atoms with Crippen LogP contribution in [0.5, 0.6) is 0 Å². The van der Waals surface area contributed by atoms with Gasteiger partial charge in [0.2, 0.25) is 5.91 Å². The van der Waals surface area contributed by atoms with Gasteiger partial charge in [0.25, 0.3) is 0 Å². The Morgan fingerprint density at radius 2 is 2.04 bits per heavy atom. The van der Waals surface area contributed by atoms with Crippen LogP contribution in [0.15, 0.2) is 30.3 Å². The van der Waals surface area contributed by atoms with Crippen molar-refractivity contribution in [3.8, 4) is 0 Å². The Morgan fingerprint density at radius 1 is 1.30 bits per heavy atom. The van der Waals surface area contributed by atoms with Crippen molar-refractivity contribution in [3.63, 3.8) is 0 Å². The van der Waals surface area contributed by atoms with E-state index in [9.17, 15) is 15.0 Å². The maximum Gasteiger partial charge on any atom is 0.223 e. The number of hydrogen-bond acceptors (Lipinski definition) is 3. The van der Waals surface area contributed by atoms with E-state index in [1.54, 1.807) is 12.1 Å². The first-order valence-corrected chi connectivity index (χ1v) is 8.80. The van der Waals surface area contributed by atoms with Crippen LogP contribution >= 0.6 is 0 Å². The van der Waals surface area contributed by atoms with Crippen molar-refractivity contribution < 1.29 is 15.0 Å². The van der Waals surface area contributed by atoms with Crippen molar-refractivity contribution in [2.75, 3.05) is 6.61 Å². The number of amides is 1. The molecule has 4 atom stereocenters. The molecule has 0 saturated heterocycles. The monoisotopic (exact) mass is 319 g/mol. The zero-order valence-corrected chi connectivity index (χ0v) is 13.9. The van der Waals surface area contributed by atoms with Crippen molar-refractivity contribution >= 4 is 5.91 Å². The van der Waals surface area contributed by atoms with Crippen LogP contribution in [0.1, 0.15) is 57.1 Å². The topological polar surface area (TPSA) is 69.6 Å². The first kappa shape index (κ1) is 18.0. The normalized spacial score (nSPS) is 24.0. The Balaban J connectivity index is 1.94. The quantitative estimate of drug-likeness (QED) is 0.724. The second-order valence-electron chi connectivity index (χ2n) is 6.67. The lowest BCUT2D eigenvalue weighted by atomic mass is 9.79. The van der Waals surface area contributed by atoms with E-state index in [0.717, 1.165) is 25.7 Å². The number of benzene rings is 1. The van der Waals surface area contributed by atoms with Crippen molar-refractivity contribution in [3.05, 3.63) is 35.9 Å². The average Bonchev–Trinajstić information content (AvgIpc) is 2.60. The molecule has 128 valence electrons. The summed E-state index contributed by atoms with van der Waals surface area (Å²) in [5, 5.41) is 22.8. The predicted octanol–water partition coefficient (Wildman–Crippen LogP) is 2.80. The number of aliphatic hydroxyl groups is 2. The van der Waals surface area contributed by atoms with Gasteiger partial charge in [-0.1, -0.05) is 62.9 Å². The van der Waals surface area contributed by atoms with E-state index in [-0.39, 0.29) is 18.4 Å². The summed E-state index contributed by atoms with van der Waals surface area (Å²) in [5.41, 5.74) is 0.708. The van der Waals surface area contributed by atoms with Gasteiger partial charge in [0.05, 0.1) is 12.6 Å². The molecule has 23 heavy (non-hydrogen) atoms. The van der Waals surface area contributed by atoms with Gasteiger partial charge in [-0.25, -0.2) is 0 Å². The number of hydrogen-bond donors (Lipinski definition) is 3. The Kier molecular flexibility index (Phi) is 7.06. The molecule has 0 aromatic heterocycles. The van der Waals surface area contributed by atoms with E-state index in [4.69, 9.17) is 0 Å². The van der Waals surface area contributed by atoms with E-state index >= 15 is 0 Å². The molecule has 0 spiro atoms. The van der Waals surface area contributed by atoms with E-state index in [1.807, 2.05) is 18.2 Å². The minimum absolute atomic E-state index is 0.0114. The average molecular weight is 319 g/mol. The van der Waals surface area contributed by atoms with Crippen molar-refractivity contribution in [1.29, 1.82) is 0 Å². The molecule has 1 aliphatic rings. The summed E-state index contributed by atoms with van der Waals surface area (Å²) in [7, 11) is 0. The van der Waals surface area contributed by atoms with Crippen LogP contribution in [0.2, 0.25) is 0 Å². The van der Waals surface area contributed by atoms with Crippen LogP contribution in [-0.2, 0) is 4.79 Å². The fraction of sp³-hybridized carbons (Fsp3) is 0.632. The van der Waals surface area contributed by atoms with Crippen molar-refractivity contribution in [2.45, 2.75) is 57.6 Å². The summed E-state index contributed by atoms with van der Waals surface area (Å²) in [6.07, 6.45) is 5.59. The highest BCUT2D eigenvalue weighted by molar-refractivity contribution is 5.79. The summed E-state index contributed by atoms with van der Waals surface area (Å²) in [6.45, 7) is 1.91. The van der Waals surface area contributed by atoms with Gasteiger partial charge in [0, 0.05) is 5.92 Å². The van der Waals surface area contributed by atoms with Gasteiger partial charge in [0.15, 0.2) is 0 Å². The molecule has 0 aliphatic heterocycles. The van der Waals surface area contributed by atoms with Gasteiger partial charge < -0.3 is 15.5 Å². The molecular formula is C19H29NO3. The van der Waals surface area contributed by atoms with Crippen LogP contribution in [0.4, 0.5) is 0 Å². The smallest absolute Gasteiger partial charge is 0.223 e. The number of carbonyl (C=O) groups excluding carboxylic acids is 1. The van der Waals surface area contributed by atoms with Gasteiger partial charge in [0.1, 0.15) is 6.10 Å². The maximum absolute atomic E-state index is 12.5. The van der Waals surface area contributed by atoms with Gasteiger partial charge in [-0.05, 0) is 24.3 Å². The largest absolute Gasteiger partial charge is 0.394 e. The minimum Gasteiger partial charge on any atom is -0.394 e. The van der Waals surface area contributed by atoms with Gasteiger partial charge >= 0.3 is 0 Å². The fourth-order valence-corrected chi connectivity index (χ4v) is 3.61. The molecule has 1 aromatic rings. The molecule has 1 aromatic carbocycles. The number of carbonyl (C=O) groups is 1. The predicted molar refractivity (Wildman–Crippen MR) is 90.8 cm³/mol. The molecule has 1 fully saturated rings. The second kappa shape index (κ2) is 9.04. The molecule has 1 amide bonds. The first-order chi connectivity index (χ1) is 11.2. The second-order valence-corrected chi connectivity index (χ2v) is 6.67. The Morgan fingerprint density at radius 3 is 2.70 bits per heavy atom. The number of rotatable bonds is 7. The van der Waals surface area contributed by atoms with E-state index in [1.165, 1.54) is 12.8 Å². The maximum atomic E-state index is 12.5. The molecule has 0 radical (unpaired) electrons. The Labute approximate surface area is 138 Å². The molecular weight excluding hydrogens is 290 g/mol. The molecule has 1 aliphatic carbocycles. The lowest BCUT2D eigenvalue weighted by molar-refractivity contribution is -0.128. The van der Waals surface area contributed by atoms with E-state index < -0.39 is 12.1 Å². The third-order valence-corrected chi connectivity index (χ3v) is 4.90. The van der Waals surface area contributed by atoms with Gasteiger partial charge in [-0.2, -0.15) is 0 Å². The third kappa shape index (κ3) is 5.05. The molecule has 2 rings (SSSR count). The van der Waals surface area contributed by atoms with E-state index in [0.29, 0.717) is 11.5 Å². The van der Waals surface area contributed by atoms with Crippen LogP contribution in [0.25, 0.3) is 0 Å². The summed E-state index contributed by atoms with van der Waals surface area (Å²) in [4.78, 5) is 12.5. The number of aliphatic hydroxyl groups excluding tert-OH is 2. The number of nitrogens with one attached hydrogen (secondary N) is 1. The summed E-state index contributed by atoms with van der Waals surface area (Å²) >= 11 is 0. The first-order valence-electron chi connectivity index (χ1n) is 8.80. The lowest BCUT2D eigenvalue weighted by Gasteiger charge is -2.30. The molecule has 3 N–H and O–H groups in total. The fourth-order valence-electron chi connectivity index (χ4n) is 3.61. The van der Waals surface area contributed by atoms with Gasteiger partial charge in [-0.3, -0.25) is 4.79 Å². The van der Waals surface area contributed by atoms with Crippen LogP contribution < -0.4 is 5.32 Å². The summed E-state index contributed by atoms with van der Waals surface area (Å²) in [6, 6.07) is 8.50. The third-order valence-electron chi connectivity index (χ3n) is 4.90. The standard InChI is InChI=1S/C19H29NO3/c1-2-7-14-8-6-11-16(12-14)19(23)20-17(13-21)18(22)15-9-4-3-5-10-15/h3-5,9-10,14,16-18,21-22H,2,6-8,11-13H2,1H3,(H,20,23)/t14-,16+,17-,18-/m0/s1. The molecule has 1 saturated carbocycles. The highest BCUT2D eigenvalue weighted by Gasteiger charge is 2.30. The molecule has 0 unspecified atom stereocenters. The van der Waals surface area contributed by atoms with Crippen LogP contribution in [0, 0.1) is 11.8 Å². The zero-order valence-electron chi connectivity index (χ0n) is 13.9. The Bertz CT molecular complexity index is 475. The lowest BCUT2D eigenvalue weighted by Crippen LogP contribution is -2.45. The Hall–Kier alpha value is -1.39. The van der Waals surface area contributed by atoms with Crippen LogP contribution in [-0.4, -0.2) is 28.8 Å². The highest BCUT2D eigenvalue weighted by atomic mass is 16.3. The van der Waals surface area contributed by atoms with E-state index in [2.05, 4.69) is 12.2 Å². The zero-order chi connectivity index (χ0) is 16.7. The van der Waals surface area contributed by atoms with Crippen molar-refractivity contribution in [2.24, 2.45) is 11.8 Å². The summed E-state index contributed by atoms with van der Waals surface area (Å²) in [5.74, 6) is 0.619. The van der Waals surface area contributed by atoms with Crippen molar-refractivity contribution in [1.82, 2.24) is 5.32 Å². The minimum atomic E-state index is -0.889. The SMILES string of the molecule is CCC[C@H]1CCC[C@@H](C(=O)N[C@@H](CO)[C@@H](O)c2ccccc2)C1. The van der Waals surface area contributed by atoms with Gasteiger partial charge in [-0.15, -0.1) is 0 Å². The molecule has 0 bridgehead atoms. The molecule has 0 heterocycles. The summed E-state index contributed by atoms with van der Waals surface area (Å²) < 4.78 is 0. The molecule has 4 nitrogen and oxygen atoms in total. The van der Waals surface area contributed by atoms with Crippen LogP contribution in [0.3, 0.4) is 0 Å². The highest BCUT2D eigenvalue weighted by Crippen LogP contribution is 2.32.